The van der Waals surface area contributed by atoms with Crippen molar-refractivity contribution in [1.29, 1.82) is 0 Å². The van der Waals surface area contributed by atoms with Crippen molar-refractivity contribution >= 4 is 10.0 Å². The lowest BCUT2D eigenvalue weighted by Gasteiger charge is -2.07. The van der Waals surface area contributed by atoms with Crippen LogP contribution < -0.4 is 10.3 Å². The fourth-order valence-electron chi connectivity index (χ4n) is 1.78. The van der Waals surface area contributed by atoms with Gasteiger partial charge in [-0.2, -0.15) is 0 Å². The number of aromatic nitrogens is 1. The predicted molar refractivity (Wildman–Crippen MR) is 64.1 cm³/mol. The Balaban J connectivity index is 2.04. The summed E-state index contributed by atoms with van der Waals surface area (Å²) in [6.07, 6.45) is 2.25. The first-order valence-electron chi connectivity index (χ1n) is 5.50. The van der Waals surface area contributed by atoms with E-state index < -0.39 is 10.0 Å². The Morgan fingerprint density at radius 3 is 2.59 bits per heavy atom. The second-order valence-electron chi connectivity index (χ2n) is 5.13. The van der Waals surface area contributed by atoms with E-state index in [9.17, 15) is 13.2 Å². The number of nitrogens with one attached hydrogen (secondary N) is 2. The first-order chi connectivity index (χ1) is 7.81. The molecule has 1 unspecified atom stereocenters. The average molecular weight is 256 g/mol. The van der Waals surface area contributed by atoms with Gasteiger partial charge < -0.3 is 4.98 Å². The van der Waals surface area contributed by atoms with Gasteiger partial charge in [0, 0.05) is 18.8 Å². The summed E-state index contributed by atoms with van der Waals surface area (Å²) in [6.45, 7) is 4.69. The van der Waals surface area contributed by atoms with Gasteiger partial charge in [0.2, 0.25) is 15.6 Å². The van der Waals surface area contributed by atoms with Gasteiger partial charge in [0.1, 0.15) is 0 Å². The molecule has 0 spiro atoms. The lowest BCUT2D eigenvalue weighted by molar-refractivity contribution is 0.537. The van der Waals surface area contributed by atoms with Crippen molar-refractivity contribution < 1.29 is 8.42 Å². The van der Waals surface area contributed by atoms with Crippen LogP contribution in [0.25, 0.3) is 0 Å². The molecule has 17 heavy (non-hydrogen) atoms. The zero-order valence-electron chi connectivity index (χ0n) is 9.86. The highest BCUT2D eigenvalue weighted by Gasteiger charge is 2.45. The van der Waals surface area contributed by atoms with Gasteiger partial charge >= 0.3 is 0 Å². The Bertz CT molecular complexity index is 554. The van der Waals surface area contributed by atoms with Crippen LogP contribution >= 0.6 is 0 Å². The van der Waals surface area contributed by atoms with Crippen molar-refractivity contribution in [3.63, 3.8) is 0 Å². The number of rotatable bonds is 4. The van der Waals surface area contributed by atoms with Crippen LogP contribution in [0.4, 0.5) is 0 Å². The third-order valence-corrected chi connectivity index (χ3v) is 4.72. The standard InChI is InChI=1S/C11H16N2O3S/c1-11(2)5-8(11)6-13-17(15,16)9-3-4-10(14)12-7-9/h3-4,7-8,13H,5-6H2,1-2H3,(H,12,14). The highest BCUT2D eigenvalue weighted by molar-refractivity contribution is 7.89. The van der Waals surface area contributed by atoms with E-state index in [-0.39, 0.29) is 15.9 Å². The normalized spacial score (nSPS) is 22.4. The molecule has 94 valence electrons. The first-order valence-corrected chi connectivity index (χ1v) is 6.98. The molecule has 6 heteroatoms. The summed E-state index contributed by atoms with van der Waals surface area (Å²) in [6, 6.07) is 2.51. The molecule has 1 fully saturated rings. The number of aromatic amines is 1. The van der Waals surface area contributed by atoms with E-state index in [2.05, 4.69) is 23.6 Å². The Morgan fingerprint density at radius 2 is 2.12 bits per heavy atom. The Hall–Kier alpha value is -1.14. The number of hydrogen-bond donors (Lipinski definition) is 2. The van der Waals surface area contributed by atoms with Gasteiger partial charge in [-0.25, -0.2) is 13.1 Å². The van der Waals surface area contributed by atoms with Crippen LogP contribution in [0.2, 0.25) is 0 Å². The quantitative estimate of drug-likeness (QED) is 0.832. The van der Waals surface area contributed by atoms with E-state index in [0.29, 0.717) is 12.5 Å². The molecule has 0 bridgehead atoms. The number of hydrogen-bond acceptors (Lipinski definition) is 3. The molecule has 1 aromatic rings. The van der Waals surface area contributed by atoms with Crippen molar-refractivity contribution in [2.24, 2.45) is 11.3 Å². The van der Waals surface area contributed by atoms with E-state index >= 15 is 0 Å². The molecule has 0 radical (unpaired) electrons. The molecule has 5 nitrogen and oxygen atoms in total. The van der Waals surface area contributed by atoms with Gasteiger partial charge in [-0.3, -0.25) is 4.79 Å². The van der Waals surface area contributed by atoms with E-state index in [0.717, 1.165) is 6.42 Å². The van der Waals surface area contributed by atoms with Gasteiger partial charge in [-0.15, -0.1) is 0 Å². The fourth-order valence-corrected chi connectivity index (χ4v) is 2.83. The monoisotopic (exact) mass is 256 g/mol. The molecular formula is C11H16N2O3S. The summed E-state index contributed by atoms with van der Waals surface area (Å²) < 4.78 is 26.3. The summed E-state index contributed by atoms with van der Waals surface area (Å²) in [4.78, 5) is 13.3. The highest BCUT2D eigenvalue weighted by atomic mass is 32.2. The molecule has 1 aliphatic rings. The van der Waals surface area contributed by atoms with E-state index in [1.807, 2.05) is 0 Å². The Kier molecular flexibility index (Phi) is 2.87. The van der Waals surface area contributed by atoms with Gasteiger partial charge in [0.05, 0.1) is 4.90 Å². The summed E-state index contributed by atoms with van der Waals surface area (Å²) in [7, 11) is -3.50. The van der Waals surface area contributed by atoms with Crippen molar-refractivity contribution in [2.75, 3.05) is 6.54 Å². The minimum absolute atomic E-state index is 0.0931. The maximum absolute atomic E-state index is 11.9. The zero-order chi connectivity index (χ0) is 12.7. The molecule has 1 aliphatic carbocycles. The van der Waals surface area contributed by atoms with Crippen LogP contribution in [0.1, 0.15) is 20.3 Å². The van der Waals surface area contributed by atoms with E-state index in [1.165, 1.54) is 18.3 Å². The summed E-state index contributed by atoms with van der Waals surface area (Å²) in [5, 5.41) is 0. The molecular weight excluding hydrogens is 240 g/mol. The van der Waals surface area contributed by atoms with Crippen LogP contribution in [0, 0.1) is 11.3 Å². The lowest BCUT2D eigenvalue weighted by Crippen LogP contribution is -2.27. The van der Waals surface area contributed by atoms with Crippen molar-refractivity contribution in [2.45, 2.75) is 25.2 Å². The third kappa shape index (κ3) is 2.76. The maximum atomic E-state index is 11.9. The van der Waals surface area contributed by atoms with Crippen LogP contribution in [0.15, 0.2) is 28.0 Å². The molecule has 1 saturated carbocycles. The van der Waals surface area contributed by atoms with Crippen molar-refractivity contribution in [3.05, 3.63) is 28.7 Å². The van der Waals surface area contributed by atoms with Crippen LogP contribution in [0.5, 0.6) is 0 Å². The average Bonchev–Trinajstić information content (AvgIpc) is 2.85. The largest absolute Gasteiger partial charge is 0.328 e. The van der Waals surface area contributed by atoms with E-state index in [1.54, 1.807) is 0 Å². The zero-order valence-corrected chi connectivity index (χ0v) is 10.7. The first kappa shape index (κ1) is 12.3. The lowest BCUT2D eigenvalue weighted by atomic mass is 10.1. The van der Waals surface area contributed by atoms with Crippen molar-refractivity contribution in [3.8, 4) is 0 Å². The van der Waals surface area contributed by atoms with Gasteiger partial charge in [-0.1, -0.05) is 13.8 Å². The minimum atomic E-state index is -3.50. The molecule has 0 amide bonds. The molecule has 1 heterocycles. The molecule has 1 atom stereocenters. The van der Waals surface area contributed by atoms with Crippen LogP contribution in [-0.2, 0) is 10.0 Å². The number of sulfonamides is 1. The molecule has 2 rings (SSSR count). The van der Waals surface area contributed by atoms with Gasteiger partial charge in [0.15, 0.2) is 0 Å². The SMILES string of the molecule is CC1(C)CC1CNS(=O)(=O)c1ccc(=O)[nH]c1. The predicted octanol–water partition coefficient (Wildman–Crippen LogP) is 0.699. The second-order valence-corrected chi connectivity index (χ2v) is 6.90. The molecule has 0 aliphatic heterocycles. The third-order valence-electron chi connectivity index (χ3n) is 3.30. The highest BCUT2D eigenvalue weighted by Crippen LogP contribution is 2.51. The summed E-state index contributed by atoms with van der Waals surface area (Å²) in [5.74, 6) is 0.403. The van der Waals surface area contributed by atoms with Crippen LogP contribution in [-0.4, -0.2) is 19.9 Å². The molecule has 0 saturated heterocycles. The molecule has 2 N–H and O–H groups in total. The smallest absolute Gasteiger partial charge is 0.247 e. The van der Waals surface area contributed by atoms with Crippen molar-refractivity contribution in [1.82, 2.24) is 9.71 Å². The fraction of sp³-hybridized carbons (Fsp3) is 0.545. The number of pyridine rings is 1. The van der Waals surface area contributed by atoms with Gasteiger partial charge in [0.25, 0.3) is 0 Å². The van der Waals surface area contributed by atoms with Crippen LogP contribution in [0.3, 0.4) is 0 Å². The number of H-pyrrole nitrogens is 1. The molecule has 0 aromatic carbocycles. The topological polar surface area (TPSA) is 79.0 Å². The maximum Gasteiger partial charge on any atom is 0.247 e. The summed E-state index contributed by atoms with van der Waals surface area (Å²) >= 11 is 0. The molecule has 1 aromatic heterocycles. The second kappa shape index (κ2) is 3.96. The van der Waals surface area contributed by atoms with Gasteiger partial charge in [-0.05, 0) is 23.8 Å². The Labute approximate surface area is 100 Å². The Morgan fingerprint density at radius 1 is 1.47 bits per heavy atom. The minimum Gasteiger partial charge on any atom is -0.328 e. The summed E-state index contributed by atoms with van der Waals surface area (Å²) in [5.41, 5.74) is -0.0691. The van der Waals surface area contributed by atoms with E-state index in [4.69, 9.17) is 0 Å².